The number of nitrogens with zero attached hydrogens (tertiary/aromatic N) is 1. The first-order chi connectivity index (χ1) is 13.0. The second-order valence-electron chi connectivity index (χ2n) is 6.23. The summed E-state index contributed by atoms with van der Waals surface area (Å²) in [4.78, 5) is 26.5. The topological polar surface area (TPSA) is 65.1 Å². The molecule has 0 aromatic heterocycles. The van der Waals surface area contributed by atoms with Crippen LogP contribution in [0.15, 0.2) is 40.9 Å². The third-order valence-electron chi connectivity index (χ3n) is 4.40. The number of amides is 1. The number of rotatable bonds is 3. The maximum absolute atomic E-state index is 12.5. The number of anilines is 1. The number of benzene rings is 2. The molecule has 0 aliphatic carbocycles. The summed E-state index contributed by atoms with van der Waals surface area (Å²) in [6, 6.07) is 10.2. The molecule has 1 saturated heterocycles. The monoisotopic (exact) mass is 451 g/mol. The summed E-state index contributed by atoms with van der Waals surface area (Å²) in [5, 5.41) is 0.530. The molecule has 2 aliphatic heterocycles. The van der Waals surface area contributed by atoms with Crippen molar-refractivity contribution in [2.75, 3.05) is 24.7 Å². The van der Waals surface area contributed by atoms with Crippen LogP contribution in [0.2, 0.25) is 5.02 Å². The van der Waals surface area contributed by atoms with Gasteiger partial charge in [-0.05, 0) is 46.3 Å². The summed E-state index contributed by atoms with van der Waals surface area (Å²) in [6.45, 7) is 1.22. The predicted molar refractivity (Wildman–Crippen MR) is 103 cm³/mol. The summed E-state index contributed by atoms with van der Waals surface area (Å²) in [7, 11) is 0. The van der Waals surface area contributed by atoms with E-state index in [0.29, 0.717) is 45.6 Å². The van der Waals surface area contributed by atoms with Crippen molar-refractivity contribution < 1.29 is 23.8 Å². The first-order valence-electron chi connectivity index (χ1n) is 8.38. The minimum Gasteiger partial charge on any atom is -0.486 e. The van der Waals surface area contributed by atoms with Crippen molar-refractivity contribution in [2.24, 2.45) is 5.92 Å². The highest BCUT2D eigenvalue weighted by Gasteiger charge is 2.37. The van der Waals surface area contributed by atoms with Crippen LogP contribution in [0.1, 0.15) is 6.42 Å². The Bertz CT molecular complexity index is 919. The molecule has 1 unspecified atom stereocenters. The summed E-state index contributed by atoms with van der Waals surface area (Å²) in [6.07, 6.45) is 0.0957. The van der Waals surface area contributed by atoms with Gasteiger partial charge in [0.15, 0.2) is 11.5 Å². The van der Waals surface area contributed by atoms with Gasteiger partial charge in [-0.15, -0.1) is 0 Å². The Morgan fingerprint density at radius 3 is 2.70 bits per heavy atom. The highest BCUT2D eigenvalue weighted by atomic mass is 79.9. The van der Waals surface area contributed by atoms with Gasteiger partial charge in [-0.25, -0.2) is 0 Å². The van der Waals surface area contributed by atoms with Crippen LogP contribution in [0.5, 0.6) is 17.2 Å². The van der Waals surface area contributed by atoms with Crippen molar-refractivity contribution >= 4 is 45.1 Å². The van der Waals surface area contributed by atoms with E-state index in [0.717, 1.165) is 0 Å². The second-order valence-corrected chi connectivity index (χ2v) is 7.52. The van der Waals surface area contributed by atoms with Gasteiger partial charge in [-0.1, -0.05) is 11.6 Å². The van der Waals surface area contributed by atoms with Gasteiger partial charge >= 0.3 is 5.97 Å². The molecule has 1 amide bonds. The zero-order valence-corrected chi connectivity index (χ0v) is 16.5. The molecule has 0 N–H and O–H groups in total. The van der Waals surface area contributed by atoms with Gasteiger partial charge in [-0.2, -0.15) is 0 Å². The van der Waals surface area contributed by atoms with Crippen molar-refractivity contribution in [2.45, 2.75) is 6.42 Å². The summed E-state index contributed by atoms with van der Waals surface area (Å²) < 4.78 is 17.1. The molecule has 0 spiro atoms. The SMILES string of the molecule is O=C(Oc1ccc(Cl)cc1Br)C1CC(=O)N(c2ccc3c(c2)OCCO3)C1. The van der Waals surface area contributed by atoms with Crippen LogP contribution in [0.3, 0.4) is 0 Å². The third kappa shape index (κ3) is 3.75. The predicted octanol–water partition coefficient (Wildman–Crippen LogP) is 3.83. The maximum atomic E-state index is 12.5. The molecule has 4 rings (SSSR count). The van der Waals surface area contributed by atoms with Gasteiger partial charge in [0.2, 0.25) is 5.91 Å². The third-order valence-corrected chi connectivity index (χ3v) is 5.26. The Balaban J connectivity index is 1.48. The lowest BCUT2D eigenvalue weighted by atomic mass is 10.1. The first-order valence-corrected chi connectivity index (χ1v) is 9.55. The minimum atomic E-state index is -0.548. The molecule has 0 saturated carbocycles. The molecule has 6 nitrogen and oxygen atoms in total. The average Bonchev–Trinajstić information content (AvgIpc) is 3.05. The van der Waals surface area contributed by atoms with Crippen LogP contribution >= 0.6 is 27.5 Å². The fourth-order valence-corrected chi connectivity index (χ4v) is 3.83. The number of hydrogen-bond acceptors (Lipinski definition) is 5. The molecule has 0 bridgehead atoms. The van der Waals surface area contributed by atoms with E-state index >= 15 is 0 Å². The first kappa shape index (κ1) is 18.1. The second kappa shape index (κ2) is 7.40. The van der Waals surface area contributed by atoms with Crippen LogP contribution in [-0.2, 0) is 9.59 Å². The number of esters is 1. The van der Waals surface area contributed by atoms with Gasteiger partial charge in [0.1, 0.15) is 19.0 Å². The standard InChI is InChI=1S/C19H15BrClNO5/c20-14-8-12(21)1-3-15(14)27-19(24)11-7-18(23)22(10-11)13-2-4-16-17(9-13)26-6-5-25-16/h1-4,8-9,11H,5-7,10H2. The maximum Gasteiger partial charge on any atom is 0.316 e. The van der Waals surface area contributed by atoms with Gasteiger partial charge in [-0.3, -0.25) is 9.59 Å². The van der Waals surface area contributed by atoms with E-state index in [-0.39, 0.29) is 18.9 Å². The molecule has 140 valence electrons. The van der Waals surface area contributed by atoms with E-state index in [2.05, 4.69) is 15.9 Å². The van der Waals surface area contributed by atoms with Crippen LogP contribution in [0.25, 0.3) is 0 Å². The fraction of sp³-hybridized carbons (Fsp3) is 0.263. The molecule has 27 heavy (non-hydrogen) atoms. The van der Waals surface area contributed by atoms with Crippen LogP contribution < -0.4 is 19.1 Å². The Hall–Kier alpha value is -2.25. The molecule has 2 aromatic carbocycles. The molecule has 0 radical (unpaired) electrons. The molecular weight excluding hydrogens is 438 g/mol. The van der Waals surface area contributed by atoms with E-state index in [4.69, 9.17) is 25.8 Å². The Kier molecular flexibility index (Phi) is 4.97. The van der Waals surface area contributed by atoms with Crippen molar-refractivity contribution in [1.82, 2.24) is 0 Å². The summed E-state index contributed by atoms with van der Waals surface area (Å²) in [5.74, 6) is 0.487. The van der Waals surface area contributed by atoms with Crippen molar-refractivity contribution in [3.8, 4) is 17.2 Å². The van der Waals surface area contributed by atoms with Gasteiger partial charge < -0.3 is 19.1 Å². The van der Waals surface area contributed by atoms with Crippen molar-refractivity contribution in [1.29, 1.82) is 0 Å². The highest BCUT2D eigenvalue weighted by Crippen LogP contribution is 2.36. The lowest BCUT2D eigenvalue weighted by Gasteiger charge is -2.22. The van der Waals surface area contributed by atoms with Crippen molar-refractivity contribution in [3.05, 3.63) is 45.9 Å². The van der Waals surface area contributed by atoms with E-state index in [1.807, 2.05) is 0 Å². The van der Waals surface area contributed by atoms with E-state index in [9.17, 15) is 9.59 Å². The minimum absolute atomic E-state index is 0.0957. The molecule has 2 aliphatic rings. The van der Waals surface area contributed by atoms with Gasteiger partial charge in [0, 0.05) is 29.7 Å². The molecule has 2 aromatic rings. The van der Waals surface area contributed by atoms with Gasteiger partial charge in [0.25, 0.3) is 0 Å². The van der Waals surface area contributed by atoms with E-state index < -0.39 is 11.9 Å². The number of carbonyl (C=O) groups is 2. The average molecular weight is 453 g/mol. The summed E-state index contributed by atoms with van der Waals surface area (Å²) >= 11 is 9.21. The molecule has 1 atom stereocenters. The lowest BCUT2D eigenvalue weighted by Crippen LogP contribution is -2.27. The largest absolute Gasteiger partial charge is 0.486 e. The zero-order chi connectivity index (χ0) is 19.0. The molecule has 8 heteroatoms. The normalized spacial score (nSPS) is 18.5. The quantitative estimate of drug-likeness (QED) is 0.523. The van der Waals surface area contributed by atoms with Crippen LogP contribution in [0, 0.1) is 5.92 Å². The number of fused-ring (bicyclic) bond motifs is 1. The van der Waals surface area contributed by atoms with Crippen LogP contribution in [0.4, 0.5) is 5.69 Å². The van der Waals surface area contributed by atoms with Gasteiger partial charge in [0.05, 0.1) is 10.4 Å². The highest BCUT2D eigenvalue weighted by molar-refractivity contribution is 9.10. The van der Waals surface area contributed by atoms with E-state index in [1.54, 1.807) is 41.3 Å². The Labute approximate surface area is 169 Å². The number of halogens is 2. The number of ether oxygens (including phenoxy) is 3. The Morgan fingerprint density at radius 1 is 1.15 bits per heavy atom. The number of hydrogen-bond donors (Lipinski definition) is 0. The smallest absolute Gasteiger partial charge is 0.316 e. The fourth-order valence-electron chi connectivity index (χ4n) is 3.06. The van der Waals surface area contributed by atoms with Crippen LogP contribution in [-0.4, -0.2) is 31.6 Å². The molecular formula is C19H15BrClNO5. The summed E-state index contributed by atoms with van der Waals surface area (Å²) in [5.41, 5.74) is 0.673. The molecule has 1 fully saturated rings. The molecule has 2 heterocycles. The zero-order valence-electron chi connectivity index (χ0n) is 14.1. The van der Waals surface area contributed by atoms with E-state index in [1.165, 1.54) is 0 Å². The lowest BCUT2D eigenvalue weighted by molar-refractivity contribution is -0.139. The number of carbonyl (C=O) groups excluding carboxylic acids is 2. The Morgan fingerprint density at radius 2 is 1.93 bits per heavy atom. The van der Waals surface area contributed by atoms with Crippen molar-refractivity contribution in [3.63, 3.8) is 0 Å².